The van der Waals surface area contributed by atoms with Crippen molar-refractivity contribution in [2.45, 2.75) is 20.8 Å². The van der Waals surface area contributed by atoms with Gasteiger partial charge in [-0.3, -0.25) is 19.3 Å². The summed E-state index contributed by atoms with van der Waals surface area (Å²) in [4.78, 5) is 33.6. The molecule has 3 N–H and O–H groups in total. The predicted molar refractivity (Wildman–Crippen MR) is 150 cm³/mol. The van der Waals surface area contributed by atoms with E-state index >= 15 is 0 Å². The smallest absolute Gasteiger partial charge is 0.253 e. The third kappa shape index (κ3) is 4.22. The fraction of sp³-hybridized carbons (Fsp3) is 0.321. The molecule has 5 heterocycles. The van der Waals surface area contributed by atoms with Crippen molar-refractivity contribution in [1.29, 1.82) is 0 Å². The van der Waals surface area contributed by atoms with Crippen molar-refractivity contribution in [3.05, 3.63) is 71.6 Å². The highest BCUT2D eigenvalue weighted by atomic mass is 32.1. The summed E-state index contributed by atoms with van der Waals surface area (Å²) in [6, 6.07) is 1.83. The van der Waals surface area contributed by atoms with Gasteiger partial charge in [-0.25, -0.2) is 4.52 Å². The summed E-state index contributed by atoms with van der Waals surface area (Å²) in [6.07, 6.45) is 13.3. The van der Waals surface area contributed by atoms with E-state index in [0.29, 0.717) is 28.4 Å². The summed E-state index contributed by atoms with van der Waals surface area (Å²) in [5.41, 5.74) is 11.0. The number of fused-ring (bicyclic) bond motifs is 2. The van der Waals surface area contributed by atoms with Gasteiger partial charge >= 0.3 is 0 Å². The number of allylic oxidation sites excluding steroid dienone is 3. The zero-order valence-corrected chi connectivity index (χ0v) is 23.1. The monoisotopic (exact) mass is 542 g/mol. The Morgan fingerprint density at radius 3 is 2.79 bits per heavy atom. The quantitative estimate of drug-likeness (QED) is 0.369. The molecule has 1 fully saturated rings. The lowest BCUT2D eigenvalue weighted by Gasteiger charge is -2.51. The van der Waals surface area contributed by atoms with Crippen LogP contribution in [0.1, 0.15) is 40.3 Å². The highest BCUT2D eigenvalue weighted by molar-refractivity contribution is 7.21. The zero-order chi connectivity index (χ0) is 27.5. The van der Waals surface area contributed by atoms with E-state index in [1.807, 2.05) is 26.2 Å². The summed E-state index contributed by atoms with van der Waals surface area (Å²) in [5.74, 6) is -0.196. The number of nitrogens with zero attached hydrogens (tertiary/aromatic N) is 6. The van der Waals surface area contributed by atoms with Gasteiger partial charge in [-0.2, -0.15) is 10.2 Å². The molecule has 0 bridgehead atoms. The molecule has 4 aromatic heterocycles. The molecule has 1 saturated heterocycles. The van der Waals surface area contributed by atoms with Crippen LogP contribution in [0.3, 0.4) is 0 Å². The third-order valence-electron chi connectivity index (χ3n) is 7.67. The number of carbonyl (C=O) groups excluding carboxylic acids is 2. The molecule has 1 atom stereocenters. The third-order valence-corrected chi connectivity index (χ3v) is 8.89. The fourth-order valence-corrected chi connectivity index (χ4v) is 6.57. The molecule has 200 valence electrons. The van der Waals surface area contributed by atoms with Gasteiger partial charge in [0.05, 0.1) is 34.1 Å². The normalized spacial score (nSPS) is 17.6. The van der Waals surface area contributed by atoms with Crippen molar-refractivity contribution in [2.75, 3.05) is 19.6 Å². The van der Waals surface area contributed by atoms with E-state index in [-0.39, 0.29) is 11.3 Å². The number of hydrogen-bond acceptors (Lipinski definition) is 7. The summed E-state index contributed by atoms with van der Waals surface area (Å²) in [6.45, 7) is 8.70. The number of carbonyl (C=O) groups is 2. The second-order valence-electron chi connectivity index (χ2n) is 10.7. The SMILES string of the molecule is Cc1ncc(C(=O)NCCN2CC3C2=CC=CC3(C)C)cc1-c1c(-c2cnn(C)c2)sc2c(C(N)=O)cnn12. The van der Waals surface area contributed by atoms with Gasteiger partial charge in [-0.05, 0) is 24.5 Å². The van der Waals surface area contributed by atoms with E-state index in [2.05, 4.69) is 57.5 Å². The van der Waals surface area contributed by atoms with Crippen molar-refractivity contribution in [3.8, 4) is 21.7 Å². The molecule has 2 amide bonds. The van der Waals surface area contributed by atoms with Crippen molar-refractivity contribution in [1.82, 2.24) is 34.6 Å². The Balaban J connectivity index is 1.27. The number of nitrogens with two attached hydrogens (primary N) is 1. The second kappa shape index (κ2) is 9.19. The maximum atomic E-state index is 13.2. The predicted octanol–water partition coefficient (Wildman–Crippen LogP) is 3.41. The van der Waals surface area contributed by atoms with E-state index in [4.69, 9.17) is 5.73 Å². The van der Waals surface area contributed by atoms with Crippen LogP contribution in [-0.2, 0) is 7.05 Å². The molecule has 1 unspecified atom stereocenters. The Morgan fingerprint density at radius 1 is 1.23 bits per heavy atom. The van der Waals surface area contributed by atoms with Crippen LogP contribution in [0.15, 0.2) is 54.8 Å². The van der Waals surface area contributed by atoms with E-state index in [1.54, 1.807) is 21.6 Å². The molecule has 6 rings (SSSR count). The Bertz CT molecular complexity index is 1690. The molecule has 39 heavy (non-hydrogen) atoms. The van der Waals surface area contributed by atoms with Crippen molar-refractivity contribution in [2.24, 2.45) is 24.1 Å². The minimum atomic E-state index is -0.546. The maximum absolute atomic E-state index is 13.2. The van der Waals surface area contributed by atoms with E-state index in [1.165, 1.54) is 23.2 Å². The maximum Gasteiger partial charge on any atom is 0.253 e. The molecule has 0 spiro atoms. The van der Waals surface area contributed by atoms with Gasteiger partial charge in [0, 0.05) is 67.5 Å². The van der Waals surface area contributed by atoms with E-state index < -0.39 is 5.91 Å². The molecule has 0 aromatic carbocycles. The number of amides is 2. The Hall–Kier alpha value is -4.25. The lowest BCUT2D eigenvalue weighted by atomic mass is 9.69. The minimum absolute atomic E-state index is 0.169. The van der Waals surface area contributed by atoms with Gasteiger partial charge in [0.2, 0.25) is 0 Å². The molecule has 10 nitrogen and oxygen atoms in total. The number of aryl methyl sites for hydroxylation is 2. The average Bonchev–Trinajstić information content (AvgIpc) is 3.57. The Morgan fingerprint density at radius 2 is 2.05 bits per heavy atom. The largest absolute Gasteiger partial charge is 0.372 e. The molecule has 1 aliphatic heterocycles. The lowest BCUT2D eigenvalue weighted by Crippen LogP contribution is -2.52. The average molecular weight is 543 g/mol. The molecule has 4 aromatic rings. The number of primary amides is 1. The molecular weight excluding hydrogens is 512 g/mol. The van der Waals surface area contributed by atoms with Gasteiger partial charge < -0.3 is 16.0 Å². The van der Waals surface area contributed by atoms with Gasteiger partial charge in [-0.15, -0.1) is 11.3 Å². The van der Waals surface area contributed by atoms with Gasteiger partial charge in [-0.1, -0.05) is 26.0 Å². The first kappa shape index (κ1) is 25.1. The topological polar surface area (TPSA) is 123 Å². The first-order chi connectivity index (χ1) is 18.6. The lowest BCUT2D eigenvalue weighted by molar-refractivity contribution is 0.0893. The van der Waals surface area contributed by atoms with Crippen LogP contribution in [0.4, 0.5) is 0 Å². The number of nitrogens with one attached hydrogen (secondary N) is 1. The highest BCUT2D eigenvalue weighted by Crippen LogP contribution is 2.45. The van der Waals surface area contributed by atoms with Crippen LogP contribution >= 0.6 is 11.3 Å². The molecule has 0 saturated carbocycles. The van der Waals surface area contributed by atoms with Crippen LogP contribution in [-0.4, -0.2) is 60.7 Å². The number of aromatic nitrogens is 5. The minimum Gasteiger partial charge on any atom is -0.372 e. The molecule has 11 heteroatoms. The van der Waals surface area contributed by atoms with Crippen LogP contribution in [0.5, 0.6) is 0 Å². The van der Waals surface area contributed by atoms with Crippen LogP contribution < -0.4 is 11.1 Å². The van der Waals surface area contributed by atoms with Crippen LogP contribution in [0.2, 0.25) is 0 Å². The van der Waals surface area contributed by atoms with Gasteiger partial charge in [0.1, 0.15) is 4.83 Å². The Labute approximate surface area is 229 Å². The number of rotatable bonds is 7. The molecule has 0 radical (unpaired) electrons. The van der Waals surface area contributed by atoms with Crippen molar-refractivity contribution >= 4 is 28.0 Å². The summed E-state index contributed by atoms with van der Waals surface area (Å²) >= 11 is 1.41. The summed E-state index contributed by atoms with van der Waals surface area (Å²) < 4.78 is 3.42. The number of hydrogen-bond donors (Lipinski definition) is 2. The van der Waals surface area contributed by atoms with Crippen LogP contribution in [0, 0.1) is 18.3 Å². The number of pyridine rings is 1. The second-order valence-corrected chi connectivity index (χ2v) is 11.7. The molecule has 2 aliphatic rings. The summed E-state index contributed by atoms with van der Waals surface area (Å²) in [5, 5.41) is 11.8. The zero-order valence-electron chi connectivity index (χ0n) is 22.3. The van der Waals surface area contributed by atoms with Gasteiger partial charge in [0.15, 0.2) is 0 Å². The molecule has 1 aliphatic carbocycles. The number of likely N-dealkylation sites (tertiary alicyclic amines) is 1. The van der Waals surface area contributed by atoms with Crippen molar-refractivity contribution < 1.29 is 9.59 Å². The standard InChI is InChI=1S/C28H30N8O2S/c1-16-19(23-24(18-12-32-34(4)14-18)39-27-20(25(29)37)13-33-36(23)27)10-17(11-31-16)26(38)30-8-9-35-15-21-22(35)6-5-7-28(21,2)3/h5-7,10-14,21H,8-9,15H2,1-4H3,(H2,29,37)(H,30,38). The van der Waals surface area contributed by atoms with Gasteiger partial charge in [0.25, 0.3) is 11.8 Å². The first-order valence-corrected chi connectivity index (χ1v) is 13.6. The fourth-order valence-electron chi connectivity index (χ4n) is 5.38. The molecular formula is C28H30N8O2S. The first-order valence-electron chi connectivity index (χ1n) is 12.8. The summed E-state index contributed by atoms with van der Waals surface area (Å²) in [7, 11) is 1.84. The van der Waals surface area contributed by atoms with E-state index in [9.17, 15) is 9.59 Å². The van der Waals surface area contributed by atoms with E-state index in [0.717, 1.165) is 40.5 Å². The van der Waals surface area contributed by atoms with Crippen LogP contribution in [0.25, 0.3) is 26.5 Å². The Kier molecular flexibility index (Phi) is 5.91. The highest BCUT2D eigenvalue weighted by Gasteiger charge is 2.42. The van der Waals surface area contributed by atoms with Crippen molar-refractivity contribution in [3.63, 3.8) is 0 Å². The number of thiazole rings is 1.